The number of thiazole rings is 1. The SMILES string of the molecule is Cc1ccc(-c2nc(CSc3nnc(-c4csc5c4CCCC5)n3C(C)C)cs2)cc1. The van der Waals surface area contributed by atoms with E-state index in [1.165, 1.54) is 47.9 Å². The Bertz CT molecular complexity index is 1180. The number of rotatable bonds is 6. The molecule has 0 saturated heterocycles. The average molecular weight is 467 g/mol. The normalized spacial score (nSPS) is 13.7. The first-order valence-corrected chi connectivity index (χ1v) is 13.5. The second-order valence-corrected chi connectivity index (χ2v) is 11.1. The topological polar surface area (TPSA) is 43.6 Å². The zero-order valence-corrected chi connectivity index (χ0v) is 20.5. The second-order valence-electron chi connectivity index (χ2n) is 8.33. The van der Waals surface area contributed by atoms with Gasteiger partial charge in [0.15, 0.2) is 11.0 Å². The van der Waals surface area contributed by atoms with Gasteiger partial charge in [0.25, 0.3) is 0 Å². The van der Waals surface area contributed by atoms with Crippen molar-refractivity contribution in [3.05, 3.63) is 56.7 Å². The van der Waals surface area contributed by atoms with Crippen LogP contribution in [-0.2, 0) is 18.6 Å². The third-order valence-corrected chi connectivity index (χ3v) is 8.69. The van der Waals surface area contributed by atoms with Gasteiger partial charge in [-0.3, -0.25) is 4.57 Å². The van der Waals surface area contributed by atoms with Gasteiger partial charge in [-0.05, 0) is 52.0 Å². The van der Waals surface area contributed by atoms with Crippen LogP contribution in [0.5, 0.6) is 0 Å². The molecule has 0 saturated carbocycles. The summed E-state index contributed by atoms with van der Waals surface area (Å²) in [5, 5.41) is 15.7. The zero-order valence-electron chi connectivity index (χ0n) is 18.1. The third kappa shape index (κ3) is 4.23. The van der Waals surface area contributed by atoms with Crippen LogP contribution in [0.1, 0.15) is 54.4 Å². The number of aryl methyl sites for hydroxylation is 2. The molecule has 0 amide bonds. The molecule has 0 atom stereocenters. The maximum Gasteiger partial charge on any atom is 0.192 e. The van der Waals surface area contributed by atoms with Crippen molar-refractivity contribution in [2.45, 2.75) is 63.4 Å². The van der Waals surface area contributed by atoms with Gasteiger partial charge < -0.3 is 0 Å². The van der Waals surface area contributed by atoms with E-state index in [4.69, 9.17) is 4.98 Å². The van der Waals surface area contributed by atoms with E-state index >= 15 is 0 Å². The molecule has 0 unspecified atom stereocenters. The molecule has 0 aliphatic heterocycles. The molecule has 4 aromatic rings. The maximum absolute atomic E-state index is 4.86. The molecule has 0 radical (unpaired) electrons. The summed E-state index contributed by atoms with van der Waals surface area (Å²) >= 11 is 5.33. The fourth-order valence-corrected chi connectivity index (χ4v) is 7.06. The lowest BCUT2D eigenvalue weighted by Gasteiger charge is -2.16. The molecule has 31 heavy (non-hydrogen) atoms. The lowest BCUT2D eigenvalue weighted by Crippen LogP contribution is -2.07. The number of fused-ring (bicyclic) bond motifs is 1. The van der Waals surface area contributed by atoms with Gasteiger partial charge in [-0.1, -0.05) is 41.6 Å². The molecule has 160 valence electrons. The number of hydrogen-bond acceptors (Lipinski definition) is 6. The summed E-state index contributed by atoms with van der Waals surface area (Å²) < 4.78 is 2.30. The first-order valence-electron chi connectivity index (χ1n) is 10.8. The van der Waals surface area contributed by atoms with Gasteiger partial charge in [0, 0.05) is 38.6 Å². The molecule has 5 rings (SSSR count). The number of benzene rings is 1. The summed E-state index contributed by atoms with van der Waals surface area (Å²) in [6.45, 7) is 6.54. The van der Waals surface area contributed by atoms with Crippen molar-refractivity contribution in [3.8, 4) is 22.0 Å². The van der Waals surface area contributed by atoms with Crippen molar-refractivity contribution in [1.82, 2.24) is 19.7 Å². The fourth-order valence-electron chi connectivity index (χ4n) is 4.05. The van der Waals surface area contributed by atoms with Gasteiger partial charge in [0.1, 0.15) is 5.01 Å². The molecule has 3 aromatic heterocycles. The highest BCUT2D eigenvalue weighted by Crippen LogP contribution is 2.38. The van der Waals surface area contributed by atoms with E-state index in [1.807, 2.05) is 11.3 Å². The van der Waals surface area contributed by atoms with Crippen LogP contribution < -0.4 is 0 Å². The Hall–Kier alpha value is -1.96. The average Bonchev–Trinajstić information content (AvgIpc) is 3.50. The Kier molecular flexibility index (Phi) is 5.99. The van der Waals surface area contributed by atoms with Crippen molar-refractivity contribution in [1.29, 1.82) is 0 Å². The molecule has 7 heteroatoms. The van der Waals surface area contributed by atoms with E-state index < -0.39 is 0 Å². The molecule has 4 nitrogen and oxygen atoms in total. The van der Waals surface area contributed by atoms with Crippen LogP contribution in [0.3, 0.4) is 0 Å². The lowest BCUT2D eigenvalue weighted by atomic mass is 9.95. The van der Waals surface area contributed by atoms with E-state index in [0.29, 0.717) is 6.04 Å². The molecule has 0 bridgehead atoms. The Labute approximate surface area is 195 Å². The minimum atomic E-state index is 0.310. The summed E-state index contributed by atoms with van der Waals surface area (Å²) in [6, 6.07) is 8.88. The summed E-state index contributed by atoms with van der Waals surface area (Å²) in [6.07, 6.45) is 4.97. The first kappa shape index (κ1) is 20.9. The Balaban J connectivity index is 1.37. The Morgan fingerprint density at radius 2 is 1.84 bits per heavy atom. The number of thiophene rings is 1. The van der Waals surface area contributed by atoms with Crippen molar-refractivity contribution in [3.63, 3.8) is 0 Å². The van der Waals surface area contributed by atoms with E-state index in [2.05, 4.69) is 70.6 Å². The van der Waals surface area contributed by atoms with Crippen molar-refractivity contribution < 1.29 is 0 Å². The van der Waals surface area contributed by atoms with E-state index in [0.717, 1.165) is 27.4 Å². The summed E-state index contributed by atoms with van der Waals surface area (Å²) in [4.78, 5) is 6.40. The Morgan fingerprint density at radius 3 is 2.65 bits per heavy atom. The van der Waals surface area contributed by atoms with Crippen LogP contribution in [0.4, 0.5) is 0 Å². The van der Waals surface area contributed by atoms with Crippen LogP contribution in [0, 0.1) is 6.92 Å². The van der Waals surface area contributed by atoms with Gasteiger partial charge in [-0.2, -0.15) is 0 Å². The molecule has 1 aliphatic carbocycles. The largest absolute Gasteiger partial charge is 0.299 e. The van der Waals surface area contributed by atoms with Crippen LogP contribution in [-0.4, -0.2) is 19.7 Å². The molecular weight excluding hydrogens is 440 g/mol. The predicted octanol–water partition coefficient (Wildman–Crippen LogP) is 7.19. The van der Waals surface area contributed by atoms with Crippen molar-refractivity contribution in [2.75, 3.05) is 0 Å². The number of aromatic nitrogens is 4. The van der Waals surface area contributed by atoms with Gasteiger partial charge in [-0.25, -0.2) is 4.98 Å². The first-order chi connectivity index (χ1) is 15.1. The van der Waals surface area contributed by atoms with E-state index in [9.17, 15) is 0 Å². The molecular formula is C24H26N4S3. The fraction of sp³-hybridized carbons (Fsp3) is 0.375. The summed E-state index contributed by atoms with van der Waals surface area (Å²) in [7, 11) is 0. The standard InChI is InChI=1S/C24H26N4S3/c1-15(2)28-22(20-14-29-21-7-5-4-6-19(20)21)26-27-24(28)31-13-18-12-30-23(25-18)17-10-8-16(3)9-11-17/h8-12,14-15H,4-7,13H2,1-3H3. The second kappa shape index (κ2) is 8.88. The van der Waals surface area contributed by atoms with Gasteiger partial charge in [0.05, 0.1) is 5.69 Å². The minimum absolute atomic E-state index is 0.310. The molecule has 1 aliphatic rings. The smallest absolute Gasteiger partial charge is 0.192 e. The molecule has 1 aromatic carbocycles. The summed E-state index contributed by atoms with van der Waals surface area (Å²) in [5.41, 5.74) is 6.35. The lowest BCUT2D eigenvalue weighted by molar-refractivity contribution is 0.554. The van der Waals surface area contributed by atoms with Gasteiger partial charge in [0.2, 0.25) is 0 Å². The predicted molar refractivity (Wildman–Crippen MR) is 132 cm³/mol. The Morgan fingerprint density at radius 1 is 1.03 bits per heavy atom. The van der Waals surface area contributed by atoms with Crippen LogP contribution in [0.2, 0.25) is 0 Å². The maximum atomic E-state index is 4.86. The monoisotopic (exact) mass is 466 g/mol. The van der Waals surface area contributed by atoms with Crippen LogP contribution in [0.25, 0.3) is 22.0 Å². The van der Waals surface area contributed by atoms with E-state index in [1.54, 1.807) is 28.0 Å². The van der Waals surface area contributed by atoms with Crippen molar-refractivity contribution in [2.24, 2.45) is 0 Å². The molecule has 3 heterocycles. The van der Waals surface area contributed by atoms with Crippen LogP contribution >= 0.6 is 34.4 Å². The number of hydrogen-bond donors (Lipinski definition) is 0. The van der Waals surface area contributed by atoms with E-state index in [-0.39, 0.29) is 0 Å². The molecule has 0 spiro atoms. The summed E-state index contributed by atoms with van der Waals surface area (Å²) in [5.74, 6) is 1.82. The highest BCUT2D eigenvalue weighted by atomic mass is 32.2. The zero-order chi connectivity index (χ0) is 21.4. The van der Waals surface area contributed by atoms with Crippen LogP contribution in [0.15, 0.2) is 40.2 Å². The quantitative estimate of drug-likeness (QED) is 0.282. The highest BCUT2D eigenvalue weighted by molar-refractivity contribution is 7.98. The van der Waals surface area contributed by atoms with Gasteiger partial charge >= 0.3 is 0 Å². The van der Waals surface area contributed by atoms with Gasteiger partial charge in [-0.15, -0.1) is 32.9 Å². The van der Waals surface area contributed by atoms with Crippen molar-refractivity contribution >= 4 is 34.4 Å². The molecule has 0 fully saturated rings. The highest BCUT2D eigenvalue weighted by Gasteiger charge is 2.23. The molecule has 0 N–H and O–H groups in total. The third-order valence-electron chi connectivity index (χ3n) is 5.68. The number of thioether (sulfide) groups is 1. The number of nitrogens with zero attached hydrogens (tertiary/aromatic N) is 4. The minimum Gasteiger partial charge on any atom is -0.299 e.